The minimum atomic E-state index is -0.880. The van der Waals surface area contributed by atoms with Crippen LogP contribution in [0.2, 0.25) is 0 Å². The molecule has 0 fully saturated rings. The molecule has 10 nitrogen and oxygen atoms in total. The van der Waals surface area contributed by atoms with Crippen molar-refractivity contribution in [2.45, 2.75) is 13.5 Å². The molecule has 4 amide bonds. The normalized spacial score (nSPS) is 10.1. The van der Waals surface area contributed by atoms with Gasteiger partial charge in [0.05, 0.1) is 12.2 Å². The topological polar surface area (TPSA) is 136 Å². The molecule has 170 valence electrons. The Balaban J connectivity index is 1.60. The Morgan fingerprint density at radius 2 is 1.73 bits per heavy atom. The number of hydrogen-bond donors (Lipinski definition) is 3. The van der Waals surface area contributed by atoms with Crippen LogP contribution in [0.1, 0.15) is 33.2 Å². The zero-order valence-electron chi connectivity index (χ0n) is 17.5. The van der Waals surface area contributed by atoms with Gasteiger partial charge in [0, 0.05) is 11.8 Å². The van der Waals surface area contributed by atoms with Crippen LogP contribution in [0.25, 0.3) is 0 Å². The summed E-state index contributed by atoms with van der Waals surface area (Å²) in [5, 5.41) is 9.00. The van der Waals surface area contributed by atoms with Gasteiger partial charge in [-0.3, -0.25) is 20.2 Å². The van der Waals surface area contributed by atoms with E-state index in [0.717, 1.165) is 16.9 Å². The van der Waals surface area contributed by atoms with Crippen LogP contribution in [0.4, 0.5) is 20.4 Å². The maximum atomic E-state index is 12.7. The molecule has 0 atom stereocenters. The number of nitrogens with zero attached hydrogens (tertiary/aromatic N) is 1. The third-order valence-corrected chi connectivity index (χ3v) is 4.92. The summed E-state index contributed by atoms with van der Waals surface area (Å²) in [7, 11) is 0. The number of amides is 4. The number of rotatable bonds is 7. The lowest BCUT2D eigenvalue weighted by Crippen LogP contribution is -2.31. The van der Waals surface area contributed by atoms with E-state index in [4.69, 9.17) is 4.74 Å². The second kappa shape index (κ2) is 11.4. The molecule has 1 aromatic carbocycles. The van der Waals surface area contributed by atoms with Crippen LogP contribution < -0.4 is 16.0 Å². The van der Waals surface area contributed by atoms with Gasteiger partial charge in [0.2, 0.25) is 0 Å². The summed E-state index contributed by atoms with van der Waals surface area (Å²) >= 11 is 1.11. The Labute approximate surface area is 192 Å². The molecule has 0 bridgehead atoms. The summed E-state index contributed by atoms with van der Waals surface area (Å²) in [6.45, 7) is 1.81. The van der Waals surface area contributed by atoms with Gasteiger partial charge in [-0.15, -0.1) is 11.3 Å². The number of anilines is 2. The van der Waals surface area contributed by atoms with Crippen molar-refractivity contribution in [2.24, 2.45) is 0 Å². The monoisotopic (exact) mass is 468 g/mol. The summed E-state index contributed by atoms with van der Waals surface area (Å²) in [4.78, 5) is 52.4. The molecular formula is C22H20N4O6S. The van der Waals surface area contributed by atoms with Gasteiger partial charge < -0.3 is 14.8 Å². The van der Waals surface area contributed by atoms with Gasteiger partial charge in [0.25, 0.3) is 11.8 Å². The number of hydrogen-bond acceptors (Lipinski definition) is 8. The van der Waals surface area contributed by atoms with Gasteiger partial charge in [-0.2, -0.15) is 0 Å². The van der Waals surface area contributed by atoms with E-state index < -0.39 is 24.0 Å². The van der Waals surface area contributed by atoms with Gasteiger partial charge in [-0.05, 0) is 36.1 Å². The first kappa shape index (κ1) is 23.4. The smallest absolute Gasteiger partial charge is 0.414 e. The highest BCUT2D eigenvalue weighted by Gasteiger charge is 2.19. The van der Waals surface area contributed by atoms with Crippen LogP contribution in [0.3, 0.4) is 0 Å². The van der Waals surface area contributed by atoms with Gasteiger partial charge in [-0.1, -0.05) is 30.3 Å². The molecule has 0 aliphatic carbocycles. The van der Waals surface area contributed by atoms with Gasteiger partial charge in [0.1, 0.15) is 17.4 Å². The maximum absolute atomic E-state index is 12.7. The molecule has 2 aromatic heterocycles. The van der Waals surface area contributed by atoms with Crippen LogP contribution >= 0.6 is 11.3 Å². The Hall–Kier alpha value is -4.25. The summed E-state index contributed by atoms with van der Waals surface area (Å²) in [5.74, 6) is -1.12. The number of carbonyl (C=O) groups is 4. The second-order valence-electron chi connectivity index (χ2n) is 6.41. The summed E-state index contributed by atoms with van der Waals surface area (Å²) in [5.41, 5.74) is 1.12. The van der Waals surface area contributed by atoms with Gasteiger partial charge in [-0.25, -0.2) is 14.6 Å². The number of imide groups is 1. The predicted molar refractivity (Wildman–Crippen MR) is 121 cm³/mol. The van der Waals surface area contributed by atoms with Crippen LogP contribution in [0.5, 0.6) is 0 Å². The fourth-order valence-electron chi connectivity index (χ4n) is 2.59. The minimum absolute atomic E-state index is 0.0852. The number of thiophene rings is 1. The van der Waals surface area contributed by atoms with E-state index >= 15 is 0 Å². The number of pyridine rings is 1. The molecule has 3 rings (SSSR count). The Bertz CT molecular complexity index is 1150. The highest BCUT2D eigenvalue weighted by atomic mass is 32.1. The molecule has 2 heterocycles. The summed E-state index contributed by atoms with van der Waals surface area (Å²) < 4.78 is 9.82. The molecule has 0 saturated carbocycles. The first-order chi connectivity index (χ1) is 16.0. The predicted octanol–water partition coefficient (Wildman–Crippen LogP) is 4.03. The summed E-state index contributed by atoms with van der Waals surface area (Å²) in [6, 6.07) is 13.4. The Morgan fingerprint density at radius 3 is 2.48 bits per heavy atom. The van der Waals surface area contributed by atoms with Gasteiger partial charge >= 0.3 is 12.2 Å². The number of nitrogens with one attached hydrogen (secondary N) is 3. The number of ether oxygens (including phenoxy) is 2. The molecule has 33 heavy (non-hydrogen) atoms. The molecule has 0 saturated heterocycles. The Kier molecular flexibility index (Phi) is 8.08. The molecule has 0 radical (unpaired) electrons. The lowest BCUT2D eigenvalue weighted by Gasteiger charge is -2.09. The highest BCUT2D eigenvalue weighted by Crippen LogP contribution is 2.24. The largest absolute Gasteiger partial charge is 0.450 e. The van der Waals surface area contributed by atoms with Crippen molar-refractivity contribution in [3.8, 4) is 0 Å². The number of alkyl carbamates (subject to hydrolysis) is 1. The van der Waals surface area contributed by atoms with Crippen molar-refractivity contribution in [3.63, 3.8) is 0 Å². The number of benzene rings is 1. The van der Waals surface area contributed by atoms with Crippen molar-refractivity contribution in [2.75, 3.05) is 17.2 Å². The van der Waals surface area contributed by atoms with Crippen molar-refractivity contribution >= 4 is 46.2 Å². The minimum Gasteiger partial charge on any atom is -0.450 e. The standard InChI is InChI=1S/C22H20N4O6S/c1-2-31-22(30)26-19(28)16-9-11-33-20(16)25-18(27)15-8-10-23-17(12-15)24-21(29)32-13-14-6-4-3-5-7-14/h3-12H,2,13H2,1H3,(H,25,27)(H,23,24,29)(H,26,28,30). The lowest BCUT2D eigenvalue weighted by atomic mass is 10.2. The first-order valence-corrected chi connectivity index (χ1v) is 10.6. The first-order valence-electron chi connectivity index (χ1n) is 9.77. The van der Waals surface area contributed by atoms with E-state index in [9.17, 15) is 19.2 Å². The molecular weight excluding hydrogens is 448 g/mol. The molecule has 0 aliphatic heterocycles. The van der Waals surface area contributed by atoms with Crippen molar-refractivity contribution < 1.29 is 28.7 Å². The zero-order valence-corrected chi connectivity index (χ0v) is 18.3. The van der Waals surface area contributed by atoms with Gasteiger partial charge in [0.15, 0.2) is 0 Å². The molecule has 0 aliphatic rings. The average Bonchev–Trinajstić information content (AvgIpc) is 3.27. The van der Waals surface area contributed by atoms with E-state index in [2.05, 4.69) is 25.7 Å². The average molecular weight is 468 g/mol. The van der Waals surface area contributed by atoms with Crippen LogP contribution in [-0.4, -0.2) is 35.6 Å². The van der Waals surface area contributed by atoms with Crippen molar-refractivity contribution in [1.82, 2.24) is 10.3 Å². The summed E-state index contributed by atoms with van der Waals surface area (Å²) in [6.07, 6.45) is -0.250. The fourth-order valence-corrected chi connectivity index (χ4v) is 3.37. The molecule has 3 N–H and O–H groups in total. The number of carbonyl (C=O) groups excluding carboxylic acids is 4. The third-order valence-electron chi connectivity index (χ3n) is 4.09. The highest BCUT2D eigenvalue weighted by molar-refractivity contribution is 7.14. The second-order valence-corrected chi connectivity index (χ2v) is 7.32. The van der Waals surface area contributed by atoms with E-state index in [1.165, 1.54) is 24.4 Å². The fraction of sp³-hybridized carbons (Fsp3) is 0.136. The maximum Gasteiger partial charge on any atom is 0.414 e. The van der Waals surface area contributed by atoms with Crippen LogP contribution in [0.15, 0.2) is 60.1 Å². The number of aromatic nitrogens is 1. The van der Waals surface area contributed by atoms with E-state index in [1.54, 1.807) is 12.3 Å². The Morgan fingerprint density at radius 1 is 0.939 bits per heavy atom. The van der Waals surface area contributed by atoms with E-state index in [1.807, 2.05) is 30.3 Å². The van der Waals surface area contributed by atoms with Crippen molar-refractivity contribution in [3.05, 3.63) is 76.8 Å². The van der Waals surface area contributed by atoms with Crippen LogP contribution in [-0.2, 0) is 16.1 Å². The SMILES string of the molecule is CCOC(=O)NC(=O)c1ccsc1NC(=O)c1ccnc(NC(=O)OCc2ccccc2)c1. The van der Waals surface area contributed by atoms with Crippen molar-refractivity contribution in [1.29, 1.82) is 0 Å². The zero-order chi connectivity index (χ0) is 23.6. The van der Waals surface area contributed by atoms with E-state index in [-0.39, 0.29) is 35.2 Å². The van der Waals surface area contributed by atoms with E-state index in [0.29, 0.717) is 0 Å². The van der Waals surface area contributed by atoms with Crippen LogP contribution in [0, 0.1) is 0 Å². The lowest BCUT2D eigenvalue weighted by molar-refractivity contribution is 0.0926. The molecule has 3 aromatic rings. The molecule has 11 heteroatoms. The molecule has 0 unspecified atom stereocenters. The third kappa shape index (κ3) is 6.87. The quantitative estimate of drug-likeness (QED) is 0.476. The molecule has 0 spiro atoms.